The number of rotatable bonds is 6. The van der Waals surface area contributed by atoms with Crippen LogP contribution >= 0.6 is 11.8 Å². The minimum Gasteiger partial charge on any atom is -0.462 e. The zero-order chi connectivity index (χ0) is 9.68. The second kappa shape index (κ2) is 5.32. The van der Waals surface area contributed by atoms with E-state index in [9.17, 15) is 4.79 Å². The number of ether oxygens (including phenoxy) is 1. The highest BCUT2D eigenvalue weighted by atomic mass is 32.2. The molecule has 0 aromatic heterocycles. The molecule has 0 N–H and O–H groups in total. The SMILES string of the molecule is C=C(C)C(=O)OCCCSC1CC1. The number of carbonyl (C=O) groups excluding carboxylic acids is 1. The first-order valence-corrected chi connectivity index (χ1v) is 5.69. The Kier molecular flexibility index (Phi) is 4.36. The van der Waals surface area contributed by atoms with Gasteiger partial charge in [-0.15, -0.1) is 0 Å². The van der Waals surface area contributed by atoms with Crippen LogP contribution in [0.3, 0.4) is 0 Å². The fraction of sp³-hybridized carbons (Fsp3) is 0.700. The lowest BCUT2D eigenvalue weighted by Crippen LogP contribution is -2.06. The van der Waals surface area contributed by atoms with Gasteiger partial charge in [0.25, 0.3) is 0 Å². The highest BCUT2D eigenvalue weighted by Gasteiger charge is 2.20. The van der Waals surface area contributed by atoms with Crippen LogP contribution in [0.25, 0.3) is 0 Å². The molecule has 0 aromatic carbocycles. The van der Waals surface area contributed by atoms with Gasteiger partial charge in [-0.25, -0.2) is 4.79 Å². The summed E-state index contributed by atoms with van der Waals surface area (Å²) in [5, 5.41) is 0.900. The van der Waals surface area contributed by atoms with Crippen molar-refractivity contribution in [3.8, 4) is 0 Å². The zero-order valence-corrected chi connectivity index (χ0v) is 8.86. The van der Waals surface area contributed by atoms with E-state index in [-0.39, 0.29) is 5.97 Å². The summed E-state index contributed by atoms with van der Waals surface area (Å²) in [6.45, 7) is 5.71. The monoisotopic (exact) mass is 200 g/mol. The first-order valence-electron chi connectivity index (χ1n) is 4.64. The van der Waals surface area contributed by atoms with Gasteiger partial charge in [0, 0.05) is 10.8 Å². The Bertz CT molecular complexity index is 197. The van der Waals surface area contributed by atoms with Gasteiger partial charge in [0.15, 0.2) is 0 Å². The lowest BCUT2D eigenvalue weighted by Gasteiger charge is -2.03. The molecular formula is C10H16O2S. The molecule has 1 aliphatic carbocycles. The standard InChI is InChI=1S/C10H16O2S/c1-8(2)10(11)12-6-3-7-13-9-4-5-9/h9H,1,3-7H2,2H3. The maximum Gasteiger partial charge on any atom is 0.333 e. The Morgan fingerprint density at radius 3 is 2.85 bits per heavy atom. The third kappa shape index (κ3) is 4.98. The lowest BCUT2D eigenvalue weighted by atomic mass is 10.4. The van der Waals surface area contributed by atoms with Crippen LogP contribution in [0.2, 0.25) is 0 Å². The minimum atomic E-state index is -0.267. The number of thioether (sulfide) groups is 1. The van der Waals surface area contributed by atoms with Crippen LogP contribution in [0, 0.1) is 0 Å². The van der Waals surface area contributed by atoms with E-state index in [0.29, 0.717) is 12.2 Å². The number of carbonyl (C=O) groups is 1. The molecule has 0 amide bonds. The van der Waals surface area contributed by atoms with Crippen molar-refractivity contribution in [2.45, 2.75) is 31.4 Å². The Morgan fingerprint density at radius 2 is 2.31 bits per heavy atom. The molecule has 0 unspecified atom stereocenters. The van der Waals surface area contributed by atoms with Crippen molar-refractivity contribution < 1.29 is 9.53 Å². The van der Waals surface area contributed by atoms with E-state index in [2.05, 4.69) is 6.58 Å². The Hall–Kier alpha value is -0.440. The van der Waals surface area contributed by atoms with Gasteiger partial charge in [-0.1, -0.05) is 6.58 Å². The van der Waals surface area contributed by atoms with Crippen LogP contribution in [0.4, 0.5) is 0 Å². The molecule has 0 atom stereocenters. The first kappa shape index (κ1) is 10.6. The molecule has 2 nitrogen and oxygen atoms in total. The highest BCUT2D eigenvalue weighted by molar-refractivity contribution is 8.00. The molecule has 3 heteroatoms. The van der Waals surface area contributed by atoms with Crippen molar-refractivity contribution in [1.82, 2.24) is 0 Å². The van der Waals surface area contributed by atoms with Gasteiger partial charge >= 0.3 is 5.97 Å². The largest absolute Gasteiger partial charge is 0.462 e. The minimum absolute atomic E-state index is 0.267. The second-order valence-electron chi connectivity index (χ2n) is 3.34. The number of hydrogen-bond donors (Lipinski definition) is 0. The molecule has 1 aliphatic rings. The van der Waals surface area contributed by atoms with E-state index < -0.39 is 0 Å². The van der Waals surface area contributed by atoms with E-state index in [4.69, 9.17) is 4.74 Å². The molecule has 0 aromatic rings. The Balaban J connectivity index is 1.87. The maximum absolute atomic E-state index is 10.9. The summed E-state index contributed by atoms with van der Waals surface area (Å²) in [5.74, 6) is 0.838. The molecule has 0 heterocycles. The molecule has 1 fully saturated rings. The fourth-order valence-corrected chi connectivity index (χ4v) is 1.92. The zero-order valence-electron chi connectivity index (χ0n) is 8.04. The fourth-order valence-electron chi connectivity index (χ4n) is 0.832. The lowest BCUT2D eigenvalue weighted by molar-refractivity contribution is -0.138. The predicted octanol–water partition coefficient (Wildman–Crippen LogP) is 2.39. The molecule has 1 saturated carbocycles. The first-order chi connectivity index (χ1) is 6.20. The van der Waals surface area contributed by atoms with Gasteiger partial charge in [-0.2, -0.15) is 11.8 Å². The normalized spacial score (nSPS) is 15.5. The summed E-state index contributed by atoms with van der Waals surface area (Å²) in [4.78, 5) is 10.9. The van der Waals surface area contributed by atoms with Crippen LogP contribution in [-0.2, 0) is 9.53 Å². The predicted molar refractivity (Wildman–Crippen MR) is 55.9 cm³/mol. The van der Waals surface area contributed by atoms with Gasteiger partial charge in [0.2, 0.25) is 0 Å². The van der Waals surface area contributed by atoms with E-state index >= 15 is 0 Å². The van der Waals surface area contributed by atoms with Gasteiger partial charge < -0.3 is 4.74 Å². The third-order valence-corrected chi connectivity index (χ3v) is 3.22. The summed E-state index contributed by atoms with van der Waals surface area (Å²) >= 11 is 1.99. The van der Waals surface area contributed by atoms with E-state index in [1.807, 2.05) is 11.8 Å². The van der Waals surface area contributed by atoms with Crippen LogP contribution in [0.5, 0.6) is 0 Å². The Labute approximate surface area is 83.7 Å². The van der Waals surface area contributed by atoms with Crippen molar-refractivity contribution >= 4 is 17.7 Å². The average Bonchev–Trinajstić information content (AvgIpc) is 2.87. The topological polar surface area (TPSA) is 26.3 Å². The van der Waals surface area contributed by atoms with Gasteiger partial charge in [0.05, 0.1) is 6.61 Å². The van der Waals surface area contributed by atoms with Crippen molar-refractivity contribution in [2.24, 2.45) is 0 Å². The molecule has 74 valence electrons. The smallest absolute Gasteiger partial charge is 0.333 e. The van der Waals surface area contributed by atoms with Crippen molar-refractivity contribution in [2.75, 3.05) is 12.4 Å². The molecule has 0 spiro atoms. The van der Waals surface area contributed by atoms with E-state index in [1.165, 1.54) is 12.8 Å². The highest BCUT2D eigenvalue weighted by Crippen LogP contribution is 2.34. The van der Waals surface area contributed by atoms with Crippen molar-refractivity contribution in [3.05, 3.63) is 12.2 Å². The molecule has 0 bridgehead atoms. The van der Waals surface area contributed by atoms with E-state index in [1.54, 1.807) is 6.92 Å². The maximum atomic E-state index is 10.9. The quantitative estimate of drug-likeness (QED) is 0.374. The van der Waals surface area contributed by atoms with Crippen LogP contribution < -0.4 is 0 Å². The summed E-state index contributed by atoms with van der Waals surface area (Å²) in [5.41, 5.74) is 0.481. The van der Waals surface area contributed by atoms with Crippen molar-refractivity contribution in [1.29, 1.82) is 0 Å². The van der Waals surface area contributed by atoms with E-state index in [0.717, 1.165) is 17.4 Å². The summed E-state index contributed by atoms with van der Waals surface area (Å²) in [6.07, 6.45) is 3.70. The van der Waals surface area contributed by atoms with Crippen LogP contribution in [-0.4, -0.2) is 23.6 Å². The molecule has 0 aliphatic heterocycles. The Morgan fingerprint density at radius 1 is 1.62 bits per heavy atom. The molecular weight excluding hydrogens is 184 g/mol. The third-order valence-electron chi connectivity index (χ3n) is 1.75. The van der Waals surface area contributed by atoms with Crippen LogP contribution in [0.1, 0.15) is 26.2 Å². The second-order valence-corrected chi connectivity index (χ2v) is 4.75. The van der Waals surface area contributed by atoms with Crippen molar-refractivity contribution in [3.63, 3.8) is 0 Å². The summed E-state index contributed by atoms with van der Waals surface area (Å²) in [6, 6.07) is 0. The van der Waals surface area contributed by atoms with Crippen LogP contribution in [0.15, 0.2) is 12.2 Å². The average molecular weight is 200 g/mol. The molecule has 0 radical (unpaired) electrons. The number of esters is 1. The van der Waals surface area contributed by atoms with Gasteiger partial charge in [-0.05, 0) is 31.9 Å². The molecule has 0 saturated heterocycles. The van der Waals surface area contributed by atoms with Gasteiger partial charge in [-0.3, -0.25) is 0 Å². The summed E-state index contributed by atoms with van der Waals surface area (Å²) in [7, 11) is 0. The summed E-state index contributed by atoms with van der Waals surface area (Å²) < 4.78 is 4.95. The van der Waals surface area contributed by atoms with Gasteiger partial charge in [0.1, 0.15) is 0 Å². The molecule has 13 heavy (non-hydrogen) atoms. The number of hydrogen-bond acceptors (Lipinski definition) is 3. The molecule has 1 rings (SSSR count).